The van der Waals surface area contributed by atoms with Gasteiger partial charge in [0.1, 0.15) is 0 Å². The zero-order chi connectivity index (χ0) is 15.2. The summed E-state index contributed by atoms with van der Waals surface area (Å²) in [7, 11) is 0. The minimum Gasteiger partial charge on any atom is -0.396 e. The predicted octanol–water partition coefficient (Wildman–Crippen LogP) is 2.31. The van der Waals surface area contributed by atoms with Crippen LogP contribution in [0.3, 0.4) is 0 Å². The van der Waals surface area contributed by atoms with Crippen molar-refractivity contribution in [2.45, 2.75) is 39.2 Å². The van der Waals surface area contributed by atoms with E-state index < -0.39 is 0 Å². The van der Waals surface area contributed by atoms with Gasteiger partial charge in [0.25, 0.3) is 5.91 Å². The zero-order valence-corrected chi connectivity index (χ0v) is 13.0. The van der Waals surface area contributed by atoms with Crippen LogP contribution in [0, 0.1) is 13.8 Å². The third kappa shape index (κ3) is 4.55. The summed E-state index contributed by atoms with van der Waals surface area (Å²) in [5, 5.41) is 8.75. The van der Waals surface area contributed by atoms with E-state index in [1.54, 1.807) is 0 Å². The predicted molar refractivity (Wildman–Crippen MR) is 82.5 cm³/mol. The Kier molecular flexibility index (Phi) is 5.76. The first-order valence-corrected chi connectivity index (χ1v) is 7.70. The first-order valence-electron chi connectivity index (χ1n) is 7.70. The fourth-order valence-corrected chi connectivity index (χ4v) is 2.82. The normalized spacial score (nSPS) is 16.2. The lowest BCUT2D eigenvalue weighted by Gasteiger charge is -2.32. The molecule has 0 unspecified atom stereocenters. The molecule has 1 heterocycles. The van der Waals surface area contributed by atoms with Gasteiger partial charge in [-0.05, 0) is 45.2 Å². The second-order valence-electron chi connectivity index (χ2n) is 5.82. The van der Waals surface area contributed by atoms with Gasteiger partial charge in [-0.1, -0.05) is 17.2 Å². The van der Waals surface area contributed by atoms with Crippen LogP contribution in [0.4, 0.5) is 0 Å². The van der Waals surface area contributed by atoms with Gasteiger partial charge in [-0.15, -0.1) is 0 Å². The van der Waals surface area contributed by atoms with Gasteiger partial charge in [-0.2, -0.15) is 0 Å². The molecule has 1 saturated heterocycles. The average Bonchev–Trinajstić information content (AvgIpc) is 2.46. The largest absolute Gasteiger partial charge is 0.396 e. The Morgan fingerprint density at radius 2 is 1.86 bits per heavy atom. The summed E-state index contributed by atoms with van der Waals surface area (Å²) in [6, 6.07) is 6.00. The monoisotopic (exact) mass is 291 g/mol. The first kappa shape index (κ1) is 16.0. The average molecular weight is 291 g/mol. The standard InChI is InChI=1S/C17H25NO3/c1-13-10-14(2)12-15(11-13)17(20)18-6-4-16(5-7-18)21-9-3-8-19/h10-12,16,19H,3-9H2,1-2H3. The number of nitrogens with zero attached hydrogens (tertiary/aromatic N) is 1. The van der Waals surface area contributed by atoms with Crippen molar-refractivity contribution in [1.29, 1.82) is 0 Å². The van der Waals surface area contributed by atoms with E-state index >= 15 is 0 Å². The van der Waals surface area contributed by atoms with Gasteiger partial charge < -0.3 is 14.7 Å². The Hall–Kier alpha value is -1.39. The molecule has 4 heteroatoms. The number of aliphatic hydroxyl groups excluding tert-OH is 1. The van der Waals surface area contributed by atoms with Crippen molar-refractivity contribution in [3.05, 3.63) is 34.9 Å². The van der Waals surface area contributed by atoms with Crippen molar-refractivity contribution in [2.24, 2.45) is 0 Å². The number of piperidine rings is 1. The highest BCUT2D eigenvalue weighted by Crippen LogP contribution is 2.18. The molecule has 1 fully saturated rings. The van der Waals surface area contributed by atoms with Crippen LogP contribution < -0.4 is 0 Å². The van der Waals surface area contributed by atoms with E-state index in [1.807, 2.05) is 30.9 Å². The van der Waals surface area contributed by atoms with E-state index in [9.17, 15) is 4.79 Å². The van der Waals surface area contributed by atoms with Gasteiger partial charge in [-0.3, -0.25) is 4.79 Å². The lowest BCUT2D eigenvalue weighted by Crippen LogP contribution is -2.41. The third-order valence-electron chi connectivity index (χ3n) is 3.85. The summed E-state index contributed by atoms with van der Waals surface area (Å²) >= 11 is 0. The molecule has 0 aliphatic carbocycles. The van der Waals surface area contributed by atoms with Crippen LogP contribution in [0.5, 0.6) is 0 Å². The second-order valence-corrected chi connectivity index (χ2v) is 5.82. The highest BCUT2D eigenvalue weighted by molar-refractivity contribution is 5.94. The fourth-order valence-electron chi connectivity index (χ4n) is 2.82. The van der Waals surface area contributed by atoms with Crippen LogP contribution in [-0.4, -0.2) is 48.3 Å². The smallest absolute Gasteiger partial charge is 0.253 e. The van der Waals surface area contributed by atoms with Crippen molar-refractivity contribution in [3.8, 4) is 0 Å². The third-order valence-corrected chi connectivity index (χ3v) is 3.85. The molecule has 1 aromatic carbocycles. The lowest BCUT2D eigenvalue weighted by atomic mass is 10.0. The van der Waals surface area contributed by atoms with Gasteiger partial charge >= 0.3 is 0 Å². The molecule has 21 heavy (non-hydrogen) atoms. The molecule has 0 saturated carbocycles. The Morgan fingerprint density at radius 3 is 2.43 bits per heavy atom. The number of amides is 1. The van der Waals surface area contributed by atoms with Gasteiger partial charge in [0.15, 0.2) is 0 Å². The molecule has 2 rings (SSSR count). The SMILES string of the molecule is Cc1cc(C)cc(C(=O)N2CCC(OCCCO)CC2)c1. The minimum atomic E-state index is 0.121. The van der Waals surface area contributed by atoms with Gasteiger partial charge in [0.05, 0.1) is 6.10 Å². The fraction of sp³-hybridized carbons (Fsp3) is 0.588. The Bertz CT molecular complexity index is 459. The van der Waals surface area contributed by atoms with Crippen molar-refractivity contribution < 1.29 is 14.6 Å². The molecule has 1 aliphatic heterocycles. The van der Waals surface area contributed by atoms with E-state index in [2.05, 4.69) is 6.07 Å². The molecule has 0 aromatic heterocycles. The van der Waals surface area contributed by atoms with Crippen LogP contribution in [-0.2, 0) is 4.74 Å². The van der Waals surface area contributed by atoms with Gasteiger partial charge in [0, 0.05) is 31.9 Å². The number of aliphatic hydroxyl groups is 1. The Morgan fingerprint density at radius 1 is 1.24 bits per heavy atom. The summed E-state index contributed by atoms with van der Waals surface area (Å²) in [6.07, 6.45) is 2.66. The number of carbonyl (C=O) groups is 1. The van der Waals surface area contributed by atoms with Crippen LogP contribution in [0.15, 0.2) is 18.2 Å². The number of benzene rings is 1. The maximum Gasteiger partial charge on any atom is 0.253 e. The van der Waals surface area contributed by atoms with Crippen LogP contribution in [0.2, 0.25) is 0 Å². The summed E-state index contributed by atoms with van der Waals surface area (Å²) in [5.41, 5.74) is 3.04. The van der Waals surface area contributed by atoms with E-state index in [0.29, 0.717) is 13.0 Å². The van der Waals surface area contributed by atoms with Gasteiger partial charge in [0.2, 0.25) is 0 Å². The highest BCUT2D eigenvalue weighted by atomic mass is 16.5. The lowest BCUT2D eigenvalue weighted by molar-refractivity contribution is 0.00397. The minimum absolute atomic E-state index is 0.121. The van der Waals surface area contributed by atoms with Gasteiger partial charge in [-0.25, -0.2) is 0 Å². The maximum absolute atomic E-state index is 12.5. The number of rotatable bonds is 5. The van der Waals surface area contributed by atoms with Crippen LogP contribution >= 0.6 is 0 Å². The van der Waals surface area contributed by atoms with E-state index in [-0.39, 0.29) is 18.6 Å². The molecular weight excluding hydrogens is 266 g/mol. The number of carbonyl (C=O) groups excluding carboxylic acids is 1. The second kappa shape index (κ2) is 7.57. The highest BCUT2D eigenvalue weighted by Gasteiger charge is 2.24. The van der Waals surface area contributed by atoms with E-state index in [0.717, 1.165) is 42.6 Å². The van der Waals surface area contributed by atoms with E-state index in [4.69, 9.17) is 9.84 Å². The quantitative estimate of drug-likeness (QED) is 0.847. The van der Waals surface area contributed by atoms with E-state index in [1.165, 1.54) is 0 Å². The summed E-state index contributed by atoms with van der Waals surface area (Å²) in [4.78, 5) is 14.4. The molecule has 0 atom stereocenters. The molecule has 1 amide bonds. The molecule has 0 spiro atoms. The van der Waals surface area contributed by atoms with Crippen molar-refractivity contribution >= 4 is 5.91 Å². The summed E-state index contributed by atoms with van der Waals surface area (Å²) in [5.74, 6) is 0.121. The molecule has 0 radical (unpaired) electrons. The number of hydrogen-bond acceptors (Lipinski definition) is 3. The topological polar surface area (TPSA) is 49.8 Å². The zero-order valence-electron chi connectivity index (χ0n) is 13.0. The Balaban J connectivity index is 1.88. The number of likely N-dealkylation sites (tertiary alicyclic amines) is 1. The summed E-state index contributed by atoms with van der Waals surface area (Å²) < 4.78 is 5.70. The Labute approximate surface area is 126 Å². The summed E-state index contributed by atoms with van der Waals surface area (Å²) in [6.45, 7) is 6.30. The molecule has 116 valence electrons. The van der Waals surface area contributed by atoms with Crippen molar-refractivity contribution in [3.63, 3.8) is 0 Å². The number of hydrogen-bond donors (Lipinski definition) is 1. The first-order chi connectivity index (χ1) is 10.1. The number of ether oxygens (including phenoxy) is 1. The van der Waals surface area contributed by atoms with Crippen molar-refractivity contribution in [1.82, 2.24) is 4.90 Å². The van der Waals surface area contributed by atoms with Crippen molar-refractivity contribution in [2.75, 3.05) is 26.3 Å². The van der Waals surface area contributed by atoms with Crippen LogP contribution in [0.25, 0.3) is 0 Å². The molecule has 4 nitrogen and oxygen atoms in total. The molecule has 0 bridgehead atoms. The number of aryl methyl sites for hydroxylation is 2. The molecular formula is C17H25NO3. The molecule has 1 N–H and O–H groups in total. The molecule has 1 aliphatic rings. The van der Waals surface area contributed by atoms with Crippen LogP contribution in [0.1, 0.15) is 40.7 Å². The molecule has 1 aromatic rings. The maximum atomic E-state index is 12.5.